The number of tetrazole rings is 1. The number of amides is 2. The van der Waals surface area contributed by atoms with Gasteiger partial charge in [-0.05, 0) is 35.4 Å². The number of hydrogen-bond acceptors (Lipinski definition) is 7. The Morgan fingerprint density at radius 3 is 3.12 bits per heavy atom. The van der Waals surface area contributed by atoms with Crippen molar-refractivity contribution >= 4 is 35.0 Å². The molecule has 0 unspecified atom stereocenters. The first-order valence-corrected chi connectivity index (χ1v) is 9.39. The number of benzene rings is 1. The van der Waals surface area contributed by atoms with Crippen molar-refractivity contribution in [2.75, 3.05) is 29.1 Å². The number of thioether (sulfide) groups is 1. The van der Waals surface area contributed by atoms with Crippen molar-refractivity contribution in [1.82, 2.24) is 20.2 Å². The van der Waals surface area contributed by atoms with Gasteiger partial charge in [0.25, 0.3) is 0 Å². The first-order chi connectivity index (χ1) is 12.7. The van der Waals surface area contributed by atoms with Gasteiger partial charge < -0.3 is 15.0 Å². The summed E-state index contributed by atoms with van der Waals surface area (Å²) in [4.78, 5) is 26.0. The van der Waals surface area contributed by atoms with Gasteiger partial charge in [-0.1, -0.05) is 23.9 Å². The summed E-state index contributed by atoms with van der Waals surface area (Å²) in [6.45, 7) is 1.36. The molecule has 1 N–H and O–H groups in total. The lowest BCUT2D eigenvalue weighted by molar-refractivity contribution is -0.120. The molecule has 10 heteroatoms. The van der Waals surface area contributed by atoms with Crippen LogP contribution in [0.1, 0.15) is 12.8 Å². The van der Waals surface area contributed by atoms with E-state index < -0.39 is 0 Å². The molecule has 1 aromatic heterocycles. The SMILES string of the molecule is O=C1CN(C(=O)CSc2nnnn2C[C@H]2CCCO2)c2ccccc2N1. The Labute approximate surface area is 154 Å². The van der Waals surface area contributed by atoms with E-state index in [1.165, 1.54) is 16.7 Å². The van der Waals surface area contributed by atoms with E-state index in [1.807, 2.05) is 18.2 Å². The van der Waals surface area contributed by atoms with Crippen molar-refractivity contribution in [3.63, 3.8) is 0 Å². The lowest BCUT2D eigenvalue weighted by Crippen LogP contribution is -2.43. The molecule has 2 aliphatic rings. The molecule has 1 fully saturated rings. The second-order valence-corrected chi connectivity index (χ2v) is 7.05. The van der Waals surface area contributed by atoms with Crippen LogP contribution in [-0.4, -0.2) is 57.0 Å². The molecule has 1 atom stereocenters. The van der Waals surface area contributed by atoms with Crippen LogP contribution in [0.5, 0.6) is 0 Å². The summed E-state index contributed by atoms with van der Waals surface area (Å²) >= 11 is 1.26. The van der Waals surface area contributed by atoms with Gasteiger partial charge in [0, 0.05) is 6.61 Å². The minimum absolute atomic E-state index is 0.0112. The number of fused-ring (bicyclic) bond motifs is 1. The lowest BCUT2D eigenvalue weighted by atomic mass is 10.2. The normalized spacial score (nSPS) is 19.3. The molecule has 1 aromatic carbocycles. The van der Waals surface area contributed by atoms with E-state index in [0.717, 1.165) is 19.4 Å². The van der Waals surface area contributed by atoms with Gasteiger partial charge in [-0.2, -0.15) is 0 Å². The van der Waals surface area contributed by atoms with E-state index >= 15 is 0 Å². The van der Waals surface area contributed by atoms with Gasteiger partial charge in [0.1, 0.15) is 6.54 Å². The van der Waals surface area contributed by atoms with Gasteiger partial charge in [0.2, 0.25) is 17.0 Å². The standard InChI is InChI=1S/C16H18N6O3S/c23-14-9-21(13-6-2-1-5-12(13)17-14)15(24)10-26-16-18-19-20-22(16)8-11-4-3-7-25-11/h1-2,5-6,11H,3-4,7-10H2,(H,17,23)/t11-/m1/s1. The van der Waals surface area contributed by atoms with E-state index in [4.69, 9.17) is 4.74 Å². The van der Waals surface area contributed by atoms with Crippen molar-refractivity contribution in [3.8, 4) is 0 Å². The number of nitrogens with one attached hydrogen (secondary N) is 1. The summed E-state index contributed by atoms with van der Waals surface area (Å²) in [7, 11) is 0. The maximum absolute atomic E-state index is 12.7. The third-order valence-electron chi connectivity index (χ3n) is 4.30. The molecule has 4 rings (SSSR count). The molecule has 3 heterocycles. The molecule has 0 radical (unpaired) electrons. The fourth-order valence-electron chi connectivity index (χ4n) is 3.06. The van der Waals surface area contributed by atoms with Crippen LogP contribution in [-0.2, 0) is 20.9 Å². The largest absolute Gasteiger partial charge is 0.376 e. The van der Waals surface area contributed by atoms with Crippen molar-refractivity contribution in [2.45, 2.75) is 30.6 Å². The summed E-state index contributed by atoms with van der Waals surface area (Å²) in [6, 6.07) is 7.26. The molecule has 9 nitrogen and oxygen atoms in total. The highest BCUT2D eigenvalue weighted by Crippen LogP contribution is 2.29. The average Bonchev–Trinajstić information content (AvgIpc) is 3.31. The molecular formula is C16H18N6O3S. The molecule has 1 saturated heterocycles. The summed E-state index contributed by atoms with van der Waals surface area (Å²) in [6.07, 6.45) is 2.15. The average molecular weight is 374 g/mol. The van der Waals surface area contributed by atoms with Crippen LogP contribution in [0.4, 0.5) is 11.4 Å². The van der Waals surface area contributed by atoms with Crippen molar-refractivity contribution in [3.05, 3.63) is 24.3 Å². The van der Waals surface area contributed by atoms with Gasteiger partial charge in [-0.15, -0.1) is 5.10 Å². The number of para-hydroxylation sites is 2. The van der Waals surface area contributed by atoms with Crippen LogP contribution in [0.2, 0.25) is 0 Å². The van der Waals surface area contributed by atoms with Gasteiger partial charge in [0.05, 0.1) is 29.8 Å². The number of rotatable bonds is 5. The zero-order chi connectivity index (χ0) is 17.9. The maximum atomic E-state index is 12.7. The minimum Gasteiger partial charge on any atom is -0.376 e. The quantitative estimate of drug-likeness (QED) is 0.777. The number of nitrogens with zero attached hydrogens (tertiary/aromatic N) is 5. The Balaban J connectivity index is 1.42. The van der Waals surface area contributed by atoms with Gasteiger partial charge in [-0.3, -0.25) is 9.59 Å². The highest BCUT2D eigenvalue weighted by molar-refractivity contribution is 7.99. The monoisotopic (exact) mass is 374 g/mol. The van der Waals surface area contributed by atoms with Crippen molar-refractivity contribution in [2.24, 2.45) is 0 Å². The molecular weight excluding hydrogens is 356 g/mol. The zero-order valence-electron chi connectivity index (χ0n) is 14.0. The molecule has 26 heavy (non-hydrogen) atoms. The van der Waals surface area contributed by atoms with Crippen LogP contribution < -0.4 is 10.2 Å². The van der Waals surface area contributed by atoms with Gasteiger partial charge in [0.15, 0.2) is 0 Å². The molecule has 0 saturated carbocycles. The first-order valence-electron chi connectivity index (χ1n) is 8.40. The highest BCUT2D eigenvalue weighted by atomic mass is 32.2. The Hall–Kier alpha value is -2.46. The number of anilines is 2. The van der Waals surface area contributed by atoms with E-state index in [9.17, 15) is 9.59 Å². The number of carbonyl (C=O) groups excluding carboxylic acids is 2. The molecule has 0 aliphatic carbocycles. The zero-order valence-corrected chi connectivity index (χ0v) is 14.8. The Kier molecular flexibility index (Phi) is 4.85. The molecule has 2 aromatic rings. The Morgan fingerprint density at radius 1 is 1.38 bits per heavy atom. The molecule has 0 bridgehead atoms. The molecule has 2 aliphatic heterocycles. The first kappa shape index (κ1) is 17.0. The second kappa shape index (κ2) is 7.42. The summed E-state index contributed by atoms with van der Waals surface area (Å²) < 4.78 is 7.28. The third-order valence-corrected chi connectivity index (χ3v) is 5.24. The van der Waals surface area contributed by atoms with E-state index in [1.54, 1.807) is 10.7 Å². The Bertz CT molecular complexity index is 820. The van der Waals surface area contributed by atoms with E-state index in [-0.39, 0.29) is 30.2 Å². The third kappa shape index (κ3) is 3.56. The predicted octanol–water partition coefficient (Wildman–Crippen LogP) is 0.929. The van der Waals surface area contributed by atoms with Gasteiger partial charge in [-0.25, -0.2) is 4.68 Å². The van der Waals surface area contributed by atoms with Gasteiger partial charge >= 0.3 is 0 Å². The molecule has 136 valence electrons. The molecule has 0 spiro atoms. The van der Waals surface area contributed by atoms with Crippen LogP contribution in [0.15, 0.2) is 29.4 Å². The molecule has 2 amide bonds. The van der Waals surface area contributed by atoms with Crippen LogP contribution in [0, 0.1) is 0 Å². The number of carbonyl (C=O) groups is 2. The van der Waals surface area contributed by atoms with Crippen molar-refractivity contribution < 1.29 is 14.3 Å². The van der Waals surface area contributed by atoms with Crippen molar-refractivity contribution in [1.29, 1.82) is 0 Å². The van der Waals surface area contributed by atoms with E-state index in [0.29, 0.717) is 23.1 Å². The summed E-state index contributed by atoms with van der Waals surface area (Å²) in [5, 5.41) is 15.0. The predicted molar refractivity (Wildman–Crippen MR) is 94.9 cm³/mol. The smallest absolute Gasteiger partial charge is 0.244 e. The maximum Gasteiger partial charge on any atom is 0.244 e. The summed E-state index contributed by atoms with van der Waals surface area (Å²) in [5.41, 5.74) is 1.35. The topological polar surface area (TPSA) is 102 Å². The lowest BCUT2D eigenvalue weighted by Gasteiger charge is -2.29. The number of hydrogen-bond donors (Lipinski definition) is 1. The number of ether oxygens (including phenoxy) is 1. The minimum atomic E-state index is -0.203. The number of aromatic nitrogens is 4. The van der Waals surface area contributed by atoms with Crippen LogP contribution in [0.3, 0.4) is 0 Å². The van der Waals surface area contributed by atoms with E-state index in [2.05, 4.69) is 20.8 Å². The van der Waals surface area contributed by atoms with Crippen LogP contribution in [0.25, 0.3) is 0 Å². The second-order valence-electron chi connectivity index (χ2n) is 6.11. The highest BCUT2D eigenvalue weighted by Gasteiger charge is 2.27. The summed E-state index contributed by atoms with van der Waals surface area (Å²) in [5.74, 6) is -0.220. The van der Waals surface area contributed by atoms with Crippen LogP contribution >= 0.6 is 11.8 Å². The fourth-order valence-corrected chi connectivity index (χ4v) is 3.82. The Morgan fingerprint density at radius 2 is 2.27 bits per heavy atom. The fraction of sp³-hybridized carbons (Fsp3) is 0.438.